The van der Waals surface area contributed by atoms with Gasteiger partial charge in [0.1, 0.15) is 0 Å². The van der Waals surface area contributed by atoms with E-state index < -0.39 is 0 Å². The van der Waals surface area contributed by atoms with Gasteiger partial charge < -0.3 is 10.6 Å². The van der Waals surface area contributed by atoms with E-state index >= 15 is 0 Å². The number of halogens is 1. The molecule has 2 amide bonds. The maximum Gasteiger partial charge on any atom is 0.248 e. The molecule has 3 rings (SSSR count). The minimum Gasteiger partial charge on any atom is -0.326 e. The lowest BCUT2D eigenvalue weighted by Gasteiger charge is -2.10. The fourth-order valence-corrected chi connectivity index (χ4v) is 2.81. The van der Waals surface area contributed by atoms with E-state index in [0.717, 1.165) is 15.7 Å². The Labute approximate surface area is 165 Å². The molecule has 0 radical (unpaired) electrons. The molecule has 0 aliphatic carbocycles. The summed E-state index contributed by atoms with van der Waals surface area (Å²) in [6.07, 6.45) is 6.66. The fraction of sp³-hybridized carbons (Fsp3) is 0.0500. The number of anilines is 2. The van der Waals surface area contributed by atoms with Crippen LogP contribution in [-0.4, -0.2) is 21.6 Å². The van der Waals surface area contributed by atoms with Gasteiger partial charge in [-0.2, -0.15) is 5.10 Å². The molecular formula is C20H17BrN4O2. The average molecular weight is 425 g/mol. The topological polar surface area (TPSA) is 76.0 Å². The van der Waals surface area contributed by atoms with E-state index in [1.807, 2.05) is 42.6 Å². The molecule has 6 nitrogen and oxygen atoms in total. The van der Waals surface area contributed by atoms with Gasteiger partial charge in [0, 0.05) is 35.6 Å². The lowest BCUT2D eigenvalue weighted by molar-refractivity contribution is -0.114. The van der Waals surface area contributed by atoms with Crippen LogP contribution < -0.4 is 10.6 Å². The van der Waals surface area contributed by atoms with Gasteiger partial charge in [0.15, 0.2) is 0 Å². The summed E-state index contributed by atoms with van der Waals surface area (Å²) in [5.74, 6) is -0.382. The van der Waals surface area contributed by atoms with Crippen LogP contribution in [0.1, 0.15) is 12.5 Å². The number of carbonyl (C=O) groups is 2. The van der Waals surface area contributed by atoms with Crippen LogP contribution in [-0.2, 0) is 9.59 Å². The van der Waals surface area contributed by atoms with Crippen molar-refractivity contribution in [3.63, 3.8) is 0 Å². The monoisotopic (exact) mass is 424 g/mol. The largest absolute Gasteiger partial charge is 0.326 e. The molecule has 0 unspecified atom stereocenters. The normalized spacial score (nSPS) is 10.7. The fourth-order valence-electron chi connectivity index (χ4n) is 2.45. The number of nitrogens with zero attached hydrogens (tertiary/aromatic N) is 2. The maximum atomic E-state index is 12.3. The Morgan fingerprint density at radius 3 is 2.56 bits per heavy atom. The first kappa shape index (κ1) is 18.6. The predicted octanol–water partition coefficient (Wildman–Crippen LogP) is 4.25. The van der Waals surface area contributed by atoms with Gasteiger partial charge in [-0.1, -0.05) is 28.1 Å². The molecule has 0 atom stereocenters. The van der Waals surface area contributed by atoms with Gasteiger partial charge in [-0.15, -0.1) is 0 Å². The molecule has 136 valence electrons. The minimum absolute atomic E-state index is 0.125. The third kappa shape index (κ3) is 5.15. The standard InChI is InChI=1S/C20H17BrN4O2/c1-14(26)23-17-7-3-15(4-8-17)5-10-20(27)24-18-13-16(21)6-9-19(18)25-12-2-11-22-25/h2-13H,1H3,(H,23,26)(H,24,27)/b10-5+. The number of nitrogens with one attached hydrogen (secondary N) is 2. The molecule has 0 bridgehead atoms. The second kappa shape index (κ2) is 8.46. The number of carbonyl (C=O) groups excluding carboxylic acids is 2. The van der Waals surface area contributed by atoms with E-state index in [1.165, 1.54) is 13.0 Å². The van der Waals surface area contributed by atoms with Crippen LogP contribution in [0.25, 0.3) is 11.8 Å². The van der Waals surface area contributed by atoms with Crippen LogP contribution >= 0.6 is 15.9 Å². The molecule has 0 aliphatic heterocycles. The Hall–Kier alpha value is -3.19. The smallest absolute Gasteiger partial charge is 0.248 e. The first-order valence-electron chi connectivity index (χ1n) is 8.17. The highest BCUT2D eigenvalue weighted by Gasteiger charge is 2.08. The van der Waals surface area contributed by atoms with Crippen LogP contribution in [0.5, 0.6) is 0 Å². The van der Waals surface area contributed by atoms with Crippen LogP contribution in [0.3, 0.4) is 0 Å². The van der Waals surface area contributed by atoms with Gasteiger partial charge in [-0.25, -0.2) is 4.68 Å². The average Bonchev–Trinajstić information content (AvgIpc) is 3.15. The summed E-state index contributed by atoms with van der Waals surface area (Å²) in [4.78, 5) is 23.4. The van der Waals surface area contributed by atoms with Gasteiger partial charge >= 0.3 is 0 Å². The SMILES string of the molecule is CC(=O)Nc1ccc(/C=C/C(=O)Nc2cc(Br)ccc2-n2cccn2)cc1. The quantitative estimate of drug-likeness (QED) is 0.601. The number of hydrogen-bond donors (Lipinski definition) is 2. The molecule has 3 aromatic rings. The molecule has 1 aromatic heterocycles. The number of hydrogen-bond acceptors (Lipinski definition) is 3. The zero-order valence-corrected chi connectivity index (χ0v) is 16.1. The highest BCUT2D eigenvalue weighted by molar-refractivity contribution is 9.10. The number of amides is 2. The molecule has 27 heavy (non-hydrogen) atoms. The summed E-state index contributed by atoms with van der Waals surface area (Å²) in [7, 11) is 0. The molecule has 0 fully saturated rings. The second-order valence-corrected chi connectivity index (χ2v) is 6.65. The molecule has 0 saturated heterocycles. The van der Waals surface area contributed by atoms with Crippen molar-refractivity contribution in [3.8, 4) is 5.69 Å². The number of rotatable bonds is 5. The van der Waals surface area contributed by atoms with Gasteiger partial charge in [0.2, 0.25) is 11.8 Å². The molecule has 0 saturated carbocycles. The highest BCUT2D eigenvalue weighted by atomic mass is 79.9. The summed E-state index contributed by atoms with van der Waals surface area (Å²) >= 11 is 3.42. The molecule has 0 aliphatic rings. The molecule has 1 heterocycles. The lowest BCUT2D eigenvalue weighted by atomic mass is 10.2. The summed E-state index contributed by atoms with van der Waals surface area (Å²) in [5, 5.41) is 9.78. The van der Waals surface area contributed by atoms with Gasteiger partial charge in [0.05, 0.1) is 11.4 Å². The first-order valence-corrected chi connectivity index (χ1v) is 8.97. The molecule has 2 N–H and O–H groups in total. The van der Waals surface area contributed by atoms with Gasteiger partial charge in [0.25, 0.3) is 0 Å². The Balaban J connectivity index is 1.72. The van der Waals surface area contributed by atoms with Crippen molar-refractivity contribution in [2.45, 2.75) is 6.92 Å². The molecule has 0 spiro atoms. The summed E-state index contributed by atoms with van der Waals surface area (Å²) in [6, 6.07) is 14.6. The number of aromatic nitrogens is 2. The van der Waals surface area contributed by atoms with Crippen LogP contribution in [0.2, 0.25) is 0 Å². The van der Waals surface area contributed by atoms with Crippen molar-refractivity contribution in [3.05, 3.63) is 77.0 Å². The summed E-state index contributed by atoms with van der Waals surface area (Å²) in [6.45, 7) is 1.46. The van der Waals surface area contributed by atoms with E-state index in [0.29, 0.717) is 11.4 Å². The van der Waals surface area contributed by atoms with Crippen molar-refractivity contribution >= 4 is 45.2 Å². The lowest BCUT2D eigenvalue weighted by Crippen LogP contribution is -2.11. The summed E-state index contributed by atoms with van der Waals surface area (Å²) in [5.41, 5.74) is 2.97. The summed E-state index contributed by atoms with van der Waals surface area (Å²) < 4.78 is 2.54. The molecule has 7 heteroatoms. The Morgan fingerprint density at radius 2 is 1.89 bits per heavy atom. The van der Waals surface area contributed by atoms with E-state index in [-0.39, 0.29) is 11.8 Å². The van der Waals surface area contributed by atoms with E-state index in [9.17, 15) is 9.59 Å². The van der Waals surface area contributed by atoms with E-state index in [4.69, 9.17) is 0 Å². The van der Waals surface area contributed by atoms with Crippen LogP contribution in [0, 0.1) is 0 Å². The Morgan fingerprint density at radius 1 is 1.11 bits per heavy atom. The zero-order chi connectivity index (χ0) is 19.2. The van der Waals surface area contributed by atoms with Crippen molar-refractivity contribution in [1.82, 2.24) is 9.78 Å². The predicted molar refractivity (Wildman–Crippen MR) is 110 cm³/mol. The Bertz CT molecular complexity index is 980. The van der Waals surface area contributed by atoms with E-state index in [1.54, 1.807) is 29.1 Å². The molecule has 2 aromatic carbocycles. The van der Waals surface area contributed by atoms with Crippen molar-refractivity contribution in [2.75, 3.05) is 10.6 Å². The highest BCUT2D eigenvalue weighted by Crippen LogP contribution is 2.24. The maximum absolute atomic E-state index is 12.3. The first-order chi connectivity index (χ1) is 13.0. The number of benzene rings is 2. The Kier molecular flexibility index (Phi) is 5.83. The van der Waals surface area contributed by atoms with Crippen LogP contribution in [0.15, 0.2) is 71.5 Å². The third-order valence-electron chi connectivity index (χ3n) is 3.63. The van der Waals surface area contributed by atoms with Crippen molar-refractivity contribution in [1.29, 1.82) is 0 Å². The van der Waals surface area contributed by atoms with Crippen molar-refractivity contribution in [2.24, 2.45) is 0 Å². The second-order valence-electron chi connectivity index (χ2n) is 5.74. The van der Waals surface area contributed by atoms with Crippen LogP contribution in [0.4, 0.5) is 11.4 Å². The minimum atomic E-state index is -0.257. The van der Waals surface area contributed by atoms with Gasteiger partial charge in [-0.3, -0.25) is 9.59 Å². The zero-order valence-electron chi connectivity index (χ0n) is 14.5. The van der Waals surface area contributed by atoms with E-state index in [2.05, 4.69) is 31.7 Å². The van der Waals surface area contributed by atoms with Crippen molar-refractivity contribution < 1.29 is 9.59 Å². The molecular weight excluding hydrogens is 408 g/mol. The van der Waals surface area contributed by atoms with Gasteiger partial charge in [-0.05, 0) is 48.0 Å². The third-order valence-corrected chi connectivity index (χ3v) is 4.12.